The van der Waals surface area contributed by atoms with Crippen LogP contribution in [0.4, 0.5) is 18.9 Å². The number of ether oxygens (including phenoxy) is 1. The van der Waals surface area contributed by atoms with Gasteiger partial charge < -0.3 is 15.0 Å². The van der Waals surface area contributed by atoms with Crippen LogP contribution in [0.5, 0.6) is 0 Å². The molecule has 1 amide bonds. The molecule has 27 heavy (non-hydrogen) atoms. The number of esters is 1. The quantitative estimate of drug-likeness (QED) is 0.437. The number of aromatic amines is 1. The SMILES string of the molecule is COC(=O)Cc1cc(=O)[nH]c(SCC(=O)Nc2ccccc2C(F)(F)F)n1. The molecule has 0 saturated heterocycles. The van der Waals surface area contributed by atoms with Crippen LogP contribution >= 0.6 is 11.8 Å². The van der Waals surface area contributed by atoms with E-state index in [1.54, 1.807) is 0 Å². The zero-order valence-electron chi connectivity index (χ0n) is 13.9. The molecule has 7 nitrogen and oxygen atoms in total. The lowest BCUT2D eigenvalue weighted by Crippen LogP contribution is -2.19. The predicted molar refractivity (Wildman–Crippen MR) is 91.4 cm³/mol. The molecule has 2 aromatic rings. The Hall–Kier alpha value is -2.82. The molecule has 0 atom stereocenters. The number of amides is 1. The first-order chi connectivity index (χ1) is 12.7. The van der Waals surface area contributed by atoms with E-state index >= 15 is 0 Å². The molecule has 0 bridgehead atoms. The summed E-state index contributed by atoms with van der Waals surface area (Å²) < 4.78 is 43.3. The third-order valence-corrected chi connectivity index (χ3v) is 4.05. The zero-order valence-corrected chi connectivity index (χ0v) is 14.7. The summed E-state index contributed by atoms with van der Waals surface area (Å²) in [6, 6.07) is 5.70. The number of methoxy groups -OCH3 is 1. The van der Waals surface area contributed by atoms with Crippen LogP contribution in [0.25, 0.3) is 0 Å². The summed E-state index contributed by atoms with van der Waals surface area (Å²) in [7, 11) is 1.19. The van der Waals surface area contributed by atoms with Crippen LogP contribution < -0.4 is 10.9 Å². The minimum atomic E-state index is -4.61. The van der Waals surface area contributed by atoms with E-state index in [2.05, 4.69) is 20.0 Å². The second-order valence-corrected chi connectivity index (χ2v) is 6.14. The summed E-state index contributed by atoms with van der Waals surface area (Å²) >= 11 is 0.812. The van der Waals surface area contributed by atoms with Crippen molar-refractivity contribution < 1.29 is 27.5 Å². The molecule has 0 saturated carbocycles. The van der Waals surface area contributed by atoms with Gasteiger partial charge in [0.25, 0.3) is 5.56 Å². The summed E-state index contributed by atoms with van der Waals surface area (Å²) in [4.78, 5) is 41.2. The van der Waals surface area contributed by atoms with Gasteiger partial charge in [-0.15, -0.1) is 0 Å². The zero-order chi connectivity index (χ0) is 20.0. The van der Waals surface area contributed by atoms with E-state index in [1.807, 2.05) is 0 Å². The predicted octanol–water partition coefficient (Wildman–Crippen LogP) is 2.23. The van der Waals surface area contributed by atoms with Crippen molar-refractivity contribution in [2.75, 3.05) is 18.2 Å². The summed E-state index contributed by atoms with van der Waals surface area (Å²) in [5.41, 5.74) is -1.71. The first-order valence-corrected chi connectivity index (χ1v) is 8.43. The molecule has 1 aromatic carbocycles. The monoisotopic (exact) mass is 401 g/mol. The number of halogens is 3. The van der Waals surface area contributed by atoms with Crippen molar-refractivity contribution in [3.05, 3.63) is 51.9 Å². The number of aromatic nitrogens is 2. The Morgan fingerprint density at radius 3 is 2.67 bits per heavy atom. The Morgan fingerprint density at radius 1 is 1.30 bits per heavy atom. The first-order valence-electron chi connectivity index (χ1n) is 7.45. The normalized spacial score (nSPS) is 11.1. The van der Waals surface area contributed by atoms with Crippen LogP contribution in [-0.4, -0.2) is 34.7 Å². The number of hydrogen-bond donors (Lipinski definition) is 2. The van der Waals surface area contributed by atoms with Crippen molar-refractivity contribution in [1.82, 2.24) is 9.97 Å². The number of carbonyl (C=O) groups is 2. The number of anilines is 1. The first kappa shape index (κ1) is 20.5. The second kappa shape index (κ2) is 8.71. The number of carbonyl (C=O) groups excluding carboxylic acids is 2. The van der Waals surface area contributed by atoms with E-state index in [9.17, 15) is 27.6 Å². The van der Waals surface area contributed by atoms with Gasteiger partial charge in [-0.25, -0.2) is 4.98 Å². The van der Waals surface area contributed by atoms with Crippen molar-refractivity contribution >= 4 is 29.3 Å². The summed E-state index contributed by atoms with van der Waals surface area (Å²) in [5.74, 6) is -1.60. The van der Waals surface area contributed by atoms with Crippen molar-refractivity contribution in [2.45, 2.75) is 17.8 Å². The molecule has 0 radical (unpaired) electrons. The average Bonchev–Trinajstić information content (AvgIpc) is 2.59. The Morgan fingerprint density at radius 2 is 2.00 bits per heavy atom. The minimum absolute atomic E-state index is 0.0562. The smallest absolute Gasteiger partial charge is 0.418 e. The third-order valence-electron chi connectivity index (χ3n) is 3.17. The fourth-order valence-corrected chi connectivity index (χ4v) is 2.72. The van der Waals surface area contributed by atoms with E-state index in [4.69, 9.17) is 0 Å². The van der Waals surface area contributed by atoms with Crippen molar-refractivity contribution in [2.24, 2.45) is 0 Å². The fraction of sp³-hybridized carbons (Fsp3) is 0.250. The largest absolute Gasteiger partial charge is 0.469 e. The van der Waals surface area contributed by atoms with Crippen molar-refractivity contribution in [3.63, 3.8) is 0 Å². The highest BCUT2D eigenvalue weighted by atomic mass is 32.2. The Balaban J connectivity index is 2.04. The van der Waals surface area contributed by atoms with Gasteiger partial charge in [0.05, 0.1) is 36.2 Å². The number of H-pyrrole nitrogens is 1. The van der Waals surface area contributed by atoms with Gasteiger partial charge in [0.15, 0.2) is 5.16 Å². The van der Waals surface area contributed by atoms with E-state index in [1.165, 1.54) is 19.2 Å². The Labute approximate surface area is 155 Å². The van der Waals surface area contributed by atoms with Crippen molar-refractivity contribution in [3.8, 4) is 0 Å². The third kappa shape index (κ3) is 6.13. The lowest BCUT2D eigenvalue weighted by molar-refractivity contribution is -0.140. The van der Waals surface area contributed by atoms with E-state index < -0.39 is 29.2 Å². The number of thioether (sulfide) groups is 1. The topological polar surface area (TPSA) is 101 Å². The lowest BCUT2D eigenvalue weighted by Gasteiger charge is -2.13. The van der Waals surface area contributed by atoms with Gasteiger partial charge in [-0.3, -0.25) is 14.4 Å². The molecule has 1 heterocycles. The molecule has 0 aliphatic carbocycles. The number of rotatable bonds is 6. The number of nitrogens with zero attached hydrogens (tertiary/aromatic N) is 1. The van der Waals surface area contributed by atoms with Crippen LogP contribution in [0.2, 0.25) is 0 Å². The van der Waals surface area contributed by atoms with Gasteiger partial charge in [-0.2, -0.15) is 13.2 Å². The Bertz CT molecular complexity index is 899. The second-order valence-electron chi connectivity index (χ2n) is 5.17. The molecule has 1 aromatic heterocycles. The maximum Gasteiger partial charge on any atom is 0.418 e. The van der Waals surface area contributed by atoms with Gasteiger partial charge in [0, 0.05) is 6.07 Å². The van der Waals surface area contributed by atoms with Crippen molar-refractivity contribution in [1.29, 1.82) is 0 Å². The van der Waals surface area contributed by atoms with E-state index in [-0.39, 0.29) is 28.7 Å². The number of alkyl halides is 3. The highest BCUT2D eigenvalue weighted by Crippen LogP contribution is 2.34. The molecule has 0 aliphatic rings. The summed E-state index contributed by atoms with van der Waals surface area (Å²) in [6.07, 6.45) is -4.83. The molecule has 11 heteroatoms. The van der Waals surface area contributed by atoms with Crippen LogP contribution in [0, 0.1) is 0 Å². The molecule has 2 rings (SSSR count). The minimum Gasteiger partial charge on any atom is -0.469 e. The molecular formula is C16H14F3N3O4S. The number of para-hydroxylation sites is 1. The molecule has 2 N–H and O–H groups in total. The van der Waals surface area contributed by atoms with Gasteiger partial charge in [0.1, 0.15) is 0 Å². The highest BCUT2D eigenvalue weighted by Gasteiger charge is 2.33. The number of hydrogen-bond acceptors (Lipinski definition) is 6. The van der Waals surface area contributed by atoms with Crippen LogP contribution in [0.1, 0.15) is 11.3 Å². The number of benzene rings is 1. The van der Waals surface area contributed by atoms with Gasteiger partial charge in [-0.05, 0) is 12.1 Å². The van der Waals surface area contributed by atoms with Gasteiger partial charge >= 0.3 is 12.1 Å². The van der Waals surface area contributed by atoms with Crippen LogP contribution in [0.3, 0.4) is 0 Å². The summed E-state index contributed by atoms with van der Waals surface area (Å²) in [6.45, 7) is 0. The molecular weight excluding hydrogens is 387 g/mol. The van der Waals surface area contributed by atoms with E-state index in [0.29, 0.717) is 0 Å². The molecule has 144 valence electrons. The van der Waals surface area contributed by atoms with Gasteiger partial charge in [-0.1, -0.05) is 23.9 Å². The average molecular weight is 401 g/mol. The molecule has 0 unspecified atom stereocenters. The van der Waals surface area contributed by atoms with Gasteiger partial charge in [0.2, 0.25) is 5.91 Å². The molecule has 0 fully saturated rings. The maximum atomic E-state index is 12.9. The van der Waals surface area contributed by atoms with Crippen LogP contribution in [0.15, 0.2) is 40.3 Å². The van der Waals surface area contributed by atoms with E-state index in [0.717, 1.165) is 30.0 Å². The van der Waals surface area contributed by atoms with Crippen LogP contribution in [-0.2, 0) is 26.9 Å². The standard InChI is InChI=1S/C16H14F3N3O4S/c1-26-14(25)7-9-6-12(23)22-15(20-9)27-8-13(24)21-11-5-3-2-4-10(11)16(17,18)19/h2-6H,7-8H2,1H3,(H,21,24)(H,20,22,23). The maximum absolute atomic E-state index is 12.9. The lowest BCUT2D eigenvalue weighted by atomic mass is 10.1. The summed E-state index contributed by atoms with van der Waals surface area (Å²) in [5, 5.41) is 2.24. The molecule has 0 spiro atoms. The molecule has 0 aliphatic heterocycles. The Kier molecular flexibility index (Phi) is 6.61. The fourth-order valence-electron chi connectivity index (χ4n) is 2.02. The number of nitrogens with one attached hydrogen (secondary N) is 2. The highest BCUT2D eigenvalue weighted by molar-refractivity contribution is 7.99.